The number of ether oxygens (including phenoxy) is 1. The van der Waals surface area contributed by atoms with Gasteiger partial charge in [-0.05, 0) is 57.2 Å². The van der Waals surface area contributed by atoms with Gasteiger partial charge in [0.05, 0.1) is 17.9 Å². The van der Waals surface area contributed by atoms with Gasteiger partial charge in [0, 0.05) is 11.1 Å². The third kappa shape index (κ3) is 3.25. The summed E-state index contributed by atoms with van der Waals surface area (Å²) in [6, 6.07) is 7.88. The number of likely N-dealkylation sites (tertiary alicyclic amines) is 1. The van der Waals surface area contributed by atoms with Gasteiger partial charge in [-0.15, -0.1) is 0 Å². The third-order valence-corrected chi connectivity index (χ3v) is 5.03. The maximum Gasteiger partial charge on any atom is 0.411 e. The van der Waals surface area contributed by atoms with E-state index in [9.17, 15) is 4.79 Å². The minimum absolute atomic E-state index is 0.0420. The van der Waals surface area contributed by atoms with Crippen LogP contribution in [0.5, 0.6) is 0 Å². The van der Waals surface area contributed by atoms with Crippen molar-refractivity contribution < 1.29 is 9.53 Å². The number of hydrogen-bond donors (Lipinski definition) is 1. The number of imidazole rings is 1. The lowest BCUT2D eigenvalue weighted by Crippen LogP contribution is -2.38. The molecule has 0 radical (unpaired) electrons. The highest BCUT2D eigenvalue weighted by Gasteiger charge is 2.56. The number of hydrogen-bond acceptors (Lipinski definition) is 3. The zero-order valence-corrected chi connectivity index (χ0v) is 15.4. The zero-order valence-electron chi connectivity index (χ0n) is 14.6. The topological polar surface area (TPSA) is 58.2 Å². The Morgan fingerprint density at radius 2 is 2.00 bits per heavy atom. The largest absolute Gasteiger partial charge is 0.444 e. The van der Waals surface area contributed by atoms with E-state index in [0.717, 1.165) is 29.9 Å². The van der Waals surface area contributed by atoms with Crippen molar-refractivity contribution in [1.29, 1.82) is 0 Å². The van der Waals surface area contributed by atoms with Gasteiger partial charge in [-0.1, -0.05) is 23.7 Å². The Labute approximate surface area is 152 Å². The Balaban J connectivity index is 1.57. The number of nitrogens with zero attached hydrogens (tertiary/aromatic N) is 2. The van der Waals surface area contributed by atoms with Crippen LogP contribution >= 0.6 is 11.6 Å². The average Bonchev–Trinajstić information content (AvgIpc) is 2.97. The molecule has 4 rings (SSSR count). The lowest BCUT2D eigenvalue weighted by molar-refractivity contribution is 0.0175. The first-order chi connectivity index (χ1) is 11.8. The molecule has 0 spiro atoms. The summed E-state index contributed by atoms with van der Waals surface area (Å²) < 4.78 is 5.61. The summed E-state index contributed by atoms with van der Waals surface area (Å²) in [6.07, 6.45) is 3.58. The van der Waals surface area contributed by atoms with E-state index in [1.54, 1.807) is 0 Å². The molecule has 25 heavy (non-hydrogen) atoms. The standard InChI is InChI=1S/C19H22ClN3O2/c1-19(2,3)25-18(24)23-15-8-12(15)9-16(23)17-21-10-14(22-17)11-4-6-13(20)7-5-11/h4-7,10,12,15-16H,8-9H2,1-3H3,(H,21,22). The first-order valence-electron chi connectivity index (χ1n) is 8.64. The molecule has 5 nitrogen and oxygen atoms in total. The van der Waals surface area contributed by atoms with Gasteiger partial charge in [-0.25, -0.2) is 9.78 Å². The maximum atomic E-state index is 12.6. The molecule has 1 saturated carbocycles. The molecule has 6 heteroatoms. The summed E-state index contributed by atoms with van der Waals surface area (Å²) >= 11 is 5.95. The Morgan fingerprint density at radius 1 is 1.28 bits per heavy atom. The lowest BCUT2D eigenvalue weighted by atomic mass is 10.1. The van der Waals surface area contributed by atoms with Gasteiger partial charge in [-0.3, -0.25) is 4.90 Å². The maximum absolute atomic E-state index is 12.6. The van der Waals surface area contributed by atoms with Crippen LogP contribution in [0.1, 0.15) is 45.5 Å². The van der Waals surface area contributed by atoms with Crippen LogP contribution in [0.2, 0.25) is 5.02 Å². The normalized spacial score (nSPS) is 25.0. The van der Waals surface area contributed by atoms with Gasteiger partial charge in [0.25, 0.3) is 0 Å². The second kappa shape index (κ2) is 5.77. The van der Waals surface area contributed by atoms with Gasteiger partial charge in [0.1, 0.15) is 11.4 Å². The van der Waals surface area contributed by atoms with Crippen LogP contribution < -0.4 is 0 Å². The third-order valence-electron chi connectivity index (χ3n) is 4.78. The monoisotopic (exact) mass is 359 g/mol. The van der Waals surface area contributed by atoms with Gasteiger partial charge >= 0.3 is 6.09 Å². The number of benzene rings is 1. The van der Waals surface area contributed by atoms with E-state index < -0.39 is 5.60 Å². The second-order valence-electron chi connectivity index (χ2n) is 7.89. The van der Waals surface area contributed by atoms with Crippen molar-refractivity contribution in [3.63, 3.8) is 0 Å². The smallest absolute Gasteiger partial charge is 0.411 e. The SMILES string of the molecule is CC(C)(C)OC(=O)N1C(c2ncc(-c3ccc(Cl)cc3)[nH]2)CC2CC21. The number of piperidine rings is 1. The minimum Gasteiger partial charge on any atom is -0.444 e. The first kappa shape index (κ1) is 16.5. The second-order valence-corrected chi connectivity index (χ2v) is 8.33. The molecule has 3 atom stereocenters. The van der Waals surface area contributed by atoms with Gasteiger partial charge < -0.3 is 9.72 Å². The molecule has 1 aliphatic carbocycles. The van der Waals surface area contributed by atoms with Crippen molar-refractivity contribution in [3.8, 4) is 11.3 Å². The van der Waals surface area contributed by atoms with E-state index in [4.69, 9.17) is 16.3 Å². The van der Waals surface area contributed by atoms with Crippen molar-refractivity contribution in [2.45, 2.75) is 51.3 Å². The number of halogens is 1. The van der Waals surface area contributed by atoms with Crippen molar-refractivity contribution in [1.82, 2.24) is 14.9 Å². The quantitative estimate of drug-likeness (QED) is 0.837. The molecule has 1 saturated heterocycles. The molecule has 132 valence electrons. The van der Waals surface area contributed by atoms with Crippen LogP contribution in [0.4, 0.5) is 4.79 Å². The number of aromatic nitrogens is 2. The van der Waals surface area contributed by atoms with Gasteiger partial charge in [-0.2, -0.15) is 0 Å². The predicted molar refractivity (Wildman–Crippen MR) is 96.4 cm³/mol. The highest BCUT2D eigenvalue weighted by atomic mass is 35.5. The van der Waals surface area contributed by atoms with Gasteiger partial charge in [0.2, 0.25) is 0 Å². The molecule has 1 aromatic heterocycles. The number of nitrogens with one attached hydrogen (secondary N) is 1. The van der Waals surface area contributed by atoms with Crippen LogP contribution in [0, 0.1) is 5.92 Å². The summed E-state index contributed by atoms with van der Waals surface area (Å²) in [6.45, 7) is 5.68. The first-order valence-corrected chi connectivity index (χ1v) is 9.02. The zero-order chi connectivity index (χ0) is 17.8. The number of carbonyl (C=O) groups excluding carboxylic acids is 1. The fourth-order valence-corrected chi connectivity index (χ4v) is 3.69. The molecule has 0 bridgehead atoms. The molecule has 1 amide bonds. The highest BCUT2D eigenvalue weighted by molar-refractivity contribution is 6.30. The summed E-state index contributed by atoms with van der Waals surface area (Å²) in [4.78, 5) is 22.4. The van der Waals surface area contributed by atoms with Crippen LogP contribution in [0.3, 0.4) is 0 Å². The number of fused-ring (bicyclic) bond motifs is 1. The Hall–Kier alpha value is -2.01. The summed E-state index contributed by atoms with van der Waals surface area (Å²) in [5.74, 6) is 1.39. The number of amides is 1. The number of rotatable bonds is 2. The molecule has 3 unspecified atom stereocenters. The van der Waals surface area contributed by atoms with Crippen molar-refractivity contribution in [2.75, 3.05) is 0 Å². The van der Waals surface area contributed by atoms with Gasteiger partial charge in [0.15, 0.2) is 0 Å². The number of carbonyl (C=O) groups is 1. The Morgan fingerprint density at radius 3 is 2.68 bits per heavy atom. The fraction of sp³-hybridized carbons (Fsp3) is 0.474. The average molecular weight is 360 g/mol. The predicted octanol–water partition coefficient (Wildman–Crippen LogP) is 4.80. The van der Waals surface area contributed by atoms with Crippen LogP contribution in [0.25, 0.3) is 11.3 Å². The number of H-pyrrole nitrogens is 1. The summed E-state index contributed by atoms with van der Waals surface area (Å²) in [7, 11) is 0. The van der Waals surface area contributed by atoms with E-state index in [1.165, 1.54) is 0 Å². The molecule has 1 aliphatic heterocycles. The Kier molecular flexibility index (Phi) is 3.80. The summed E-state index contributed by atoms with van der Waals surface area (Å²) in [5.41, 5.74) is 1.46. The van der Waals surface area contributed by atoms with E-state index in [2.05, 4.69) is 9.97 Å². The molecule has 1 N–H and O–H groups in total. The van der Waals surface area contributed by atoms with Crippen molar-refractivity contribution in [2.24, 2.45) is 5.92 Å². The molecule has 2 aromatic rings. The van der Waals surface area contributed by atoms with Crippen LogP contribution in [0.15, 0.2) is 30.5 Å². The van der Waals surface area contributed by atoms with E-state index in [-0.39, 0.29) is 12.1 Å². The van der Waals surface area contributed by atoms with Crippen LogP contribution in [-0.4, -0.2) is 32.6 Å². The Bertz CT molecular complexity index is 794. The molecule has 2 aliphatic rings. The van der Waals surface area contributed by atoms with E-state index in [1.807, 2.05) is 56.1 Å². The lowest BCUT2D eigenvalue weighted by Gasteiger charge is -2.29. The fourth-order valence-electron chi connectivity index (χ4n) is 3.56. The minimum atomic E-state index is -0.494. The van der Waals surface area contributed by atoms with E-state index >= 15 is 0 Å². The van der Waals surface area contributed by atoms with E-state index in [0.29, 0.717) is 17.0 Å². The summed E-state index contributed by atoms with van der Waals surface area (Å²) in [5, 5.41) is 0.704. The molecule has 1 aromatic carbocycles. The van der Waals surface area contributed by atoms with Crippen LogP contribution in [-0.2, 0) is 4.74 Å². The van der Waals surface area contributed by atoms with Crippen molar-refractivity contribution in [3.05, 3.63) is 41.3 Å². The number of aromatic amines is 1. The molecule has 2 heterocycles. The van der Waals surface area contributed by atoms with Crippen molar-refractivity contribution >= 4 is 17.7 Å². The molecule has 2 fully saturated rings. The molecular weight excluding hydrogens is 338 g/mol. The highest BCUT2D eigenvalue weighted by Crippen LogP contribution is 2.53. The molecular formula is C19H22ClN3O2.